The van der Waals surface area contributed by atoms with E-state index in [1.807, 2.05) is 19.1 Å². The number of thioether (sulfide) groups is 1. The molecule has 28 heavy (non-hydrogen) atoms. The van der Waals surface area contributed by atoms with E-state index in [2.05, 4.69) is 4.98 Å². The summed E-state index contributed by atoms with van der Waals surface area (Å²) in [4.78, 5) is 28.3. The zero-order valence-corrected chi connectivity index (χ0v) is 16.1. The molecule has 0 unspecified atom stereocenters. The zero-order valence-electron chi connectivity index (χ0n) is 15.3. The third-order valence-corrected chi connectivity index (χ3v) is 5.00. The maximum absolute atomic E-state index is 13.4. The van der Waals surface area contributed by atoms with Gasteiger partial charge in [-0.3, -0.25) is 14.2 Å². The number of aromatic nitrogens is 2. The minimum absolute atomic E-state index is 0.00557. The summed E-state index contributed by atoms with van der Waals surface area (Å²) in [7, 11) is 0. The number of rotatable bonds is 8. The van der Waals surface area contributed by atoms with Crippen molar-refractivity contribution < 1.29 is 18.7 Å². The molecule has 5 nitrogen and oxygen atoms in total. The largest absolute Gasteiger partial charge is 0.457 e. The summed E-state index contributed by atoms with van der Waals surface area (Å²) in [6.07, 6.45) is 4.15. The smallest absolute Gasteiger partial charge is 0.316 e. The van der Waals surface area contributed by atoms with E-state index in [0.717, 1.165) is 23.7 Å². The van der Waals surface area contributed by atoms with Crippen molar-refractivity contribution in [3.05, 3.63) is 77.9 Å². The van der Waals surface area contributed by atoms with Gasteiger partial charge in [-0.15, -0.1) is 0 Å². The van der Waals surface area contributed by atoms with Crippen LogP contribution in [0.4, 0.5) is 4.39 Å². The van der Waals surface area contributed by atoms with Crippen molar-refractivity contribution in [3.8, 4) is 5.69 Å². The monoisotopic (exact) mass is 398 g/mol. The Labute approximate surface area is 166 Å². The molecule has 0 fully saturated rings. The van der Waals surface area contributed by atoms with Crippen LogP contribution in [0.2, 0.25) is 0 Å². The minimum atomic E-state index is -0.516. The van der Waals surface area contributed by atoms with Gasteiger partial charge in [0.2, 0.25) is 0 Å². The molecular weight excluding hydrogens is 379 g/mol. The topological polar surface area (TPSA) is 61.2 Å². The van der Waals surface area contributed by atoms with Crippen molar-refractivity contribution in [3.63, 3.8) is 0 Å². The van der Waals surface area contributed by atoms with Crippen LogP contribution in [0.5, 0.6) is 0 Å². The zero-order chi connectivity index (χ0) is 19.9. The van der Waals surface area contributed by atoms with Crippen molar-refractivity contribution in [1.29, 1.82) is 0 Å². The van der Waals surface area contributed by atoms with Crippen molar-refractivity contribution in [2.45, 2.75) is 18.5 Å². The molecule has 1 aromatic heterocycles. The molecule has 0 radical (unpaired) electrons. The highest BCUT2D eigenvalue weighted by atomic mass is 32.2. The van der Waals surface area contributed by atoms with E-state index in [0.29, 0.717) is 16.4 Å². The molecule has 0 bridgehead atoms. The van der Waals surface area contributed by atoms with Gasteiger partial charge in [0.1, 0.15) is 5.82 Å². The highest BCUT2D eigenvalue weighted by Crippen LogP contribution is 2.21. The molecule has 3 rings (SSSR count). The first-order valence-electron chi connectivity index (χ1n) is 8.76. The second kappa shape index (κ2) is 9.32. The average Bonchev–Trinajstić information content (AvgIpc) is 3.19. The van der Waals surface area contributed by atoms with E-state index >= 15 is 0 Å². The highest BCUT2D eigenvalue weighted by Gasteiger charge is 2.13. The molecule has 0 aliphatic rings. The molecule has 0 amide bonds. The number of esters is 1. The van der Waals surface area contributed by atoms with Gasteiger partial charge in [-0.2, -0.15) is 0 Å². The predicted molar refractivity (Wildman–Crippen MR) is 105 cm³/mol. The third kappa shape index (κ3) is 5.07. The molecule has 0 spiro atoms. The highest BCUT2D eigenvalue weighted by molar-refractivity contribution is 7.99. The van der Waals surface area contributed by atoms with Crippen LogP contribution in [-0.4, -0.2) is 33.7 Å². The van der Waals surface area contributed by atoms with Crippen LogP contribution < -0.4 is 0 Å². The van der Waals surface area contributed by atoms with Gasteiger partial charge in [0.25, 0.3) is 0 Å². The Hall–Kier alpha value is -2.93. The summed E-state index contributed by atoms with van der Waals surface area (Å²) in [5, 5.41) is 0.532. The van der Waals surface area contributed by atoms with Gasteiger partial charge in [0, 0.05) is 18.0 Å². The normalized spacial score (nSPS) is 10.6. The van der Waals surface area contributed by atoms with Gasteiger partial charge in [0.05, 0.1) is 11.4 Å². The van der Waals surface area contributed by atoms with Gasteiger partial charge in [-0.25, -0.2) is 9.37 Å². The molecule has 3 aromatic rings. The van der Waals surface area contributed by atoms with Gasteiger partial charge in [-0.05, 0) is 30.2 Å². The number of ether oxygens (including phenoxy) is 1. The summed E-state index contributed by atoms with van der Waals surface area (Å²) >= 11 is 1.16. The molecular formula is C21H19FN2O3S. The van der Waals surface area contributed by atoms with Gasteiger partial charge < -0.3 is 4.74 Å². The van der Waals surface area contributed by atoms with Crippen LogP contribution in [0.1, 0.15) is 22.8 Å². The van der Waals surface area contributed by atoms with Crippen LogP contribution in [0.25, 0.3) is 5.69 Å². The van der Waals surface area contributed by atoms with Crippen molar-refractivity contribution in [2.75, 3.05) is 12.4 Å². The first-order chi connectivity index (χ1) is 13.6. The van der Waals surface area contributed by atoms with Crippen molar-refractivity contribution in [1.82, 2.24) is 9.55 Å². The molecule has 0 saturated carbocycles. The lowest BCUT2D eigenvalue weighted by Gasteiger charge is -2.08. The lowest BCUT2D eigenvalue weighted by atomic mass is 10.1. The van der Waals surface area contributed by atoms with Gasteiger partial charge in [0.15, 0.2) is 17.5 Å². The number of hydrogen-bond donors (Lipinski definition) is 0. The Kier molecular flexibility index (Phi) is 6.60. The molecule has 144 valence electrons. The molecule has 0 N–H and O–H groups in total. The number of nitrogens with zero attached hydrogens (tertiary/aromatic N) is 2. The molecule has 0 aliphatic carbocycles. The lowest BCUT2D eigenvalue weighted by Crippen LogP contribution is -2.15. The summed E-state index contributed by atoms with van der Waals surface area (Å²) in [5.74, 6) is -1.12. The number of Topliss-reactive ketones (excluding diaryl/α,β-unsaturated/α-hetero) is 1. The number of aryl methyl sites for hydroxylation is 1. The fourth-order valence-corrected chi connectivity index (χ4v) is 3.31. The Morgan fingerprint density at radius 1 is 1.18 bits per heavy atom. The van der Waals surface area contributed by atoms with Crippen LogP contribution in [0, 0.1) is 5.82 Å². The maximum Gasteiger partial charge on any atom is 0.316 e. The van der Waals surface area contributed by atoms with E-state index in [1.165, 1.54) is 12.1 Å². The second-order valence-corrected chi connectivity index (χ2v) is 6.93. The van der Waals surface area contributed by atoms with E-state index in [-0.39, 0.29) is 24.0 Å². The number of ketones is 1. The number of halogens is 1. The Balaban J connectivity index is 1.52. The number of benzene rings is 2. The van der Waals surface area contributed by atoms with Crippen LogP contribution in [-0.2, 0) is 16.0 Å². The number of imidazole rings is 1. The van der Waals surface area contributed by atoms with Crippen molar-refractivity contribution in [2.24, 2.45) is 0 Å². The van der Waals surface area contributed by atoms with E-state index < -0.39 is 5.97 Å². The van der Waals surface area contributed by atoms with Crippen LogP contribution in [0.3, 0.4) is 0 Å². The Bertz CT molecular complexity index is 970. The molecule has 1 heterocycles. The average molecular weight is 398 g/mol. The molecule has 7 heteroatoms. The SMILES string of the molecule is CCc1ccc(C(=O)COC(=O)CSc2nccn2-c2cccc(F)c2)cc1. The Morgan fingerprint density at radius 2 is 1.96 bits per heavy atom. The number of hydrogen-bond acceptors (Lipinski definition) is 5. The number of carbonyl (C=O) groups is 2. The first-order valence-corrected chi connectivity index (χ1v) is 9.75. The summed E-state index contributed by atoms with van der Waals surface area (Å²) in [6, 6.07) is 13.3. The van der Waals surface area contributed by atoms with E-state index in [1.54, 1.807) is 41.2 Å². The third-order valence-electron chi connectivity index (χ3n) is 4.06. The minimum Gasteiger partial charge on any atom is -0.457 e. The molecule has 0 saturated heterocycles. The van der Waals surface area contributed by atoms with E-state index in [9.17, 15) is 14.0 Å². The fraction of sp³-hybridized carbons (Fsp3) is 0.190. The predicted octanol–water partition coefficient (Wildman–Crippen LogP) is 4.09. The van der Waals surface area contributed by atoms with Crippen LogP contribution >= 0.6 is 11.8 Å². The van der Waals surface area contributed by atoms with Crippen LogP contribution in [0.15, 0.2) is 66.1 Å². The van der Waals surface area contributed by atoms with Gasteiger partial charge in [-0.1, -0.05) is 49.0 Å². The fourth-order valence-electron chi connectivity index (χ4n) is 2.54. The maximum atomic E-state index is 13.4. The molecule has 2 aromatic carbocycles. The summed E-state index contributed by atoms with van der Waals surface area (Å²) in [5.41, 5.74) is 2.26. The molecule has 0 aliphatic heterocycles. The lowest BCUT2D eigenvalue weighted by molar-refractivity contribution is -0.139. The number of carbonyl (C=O) groups excluding carboxylic acids is 2. The van der Waals surface area contributed by atoms with E-state index in [4.69, 9.17) is 4.74 Å². The standard InChI is InChI=1S/C21H19FN2O3S/c1-2-15-6-8-16(9-7-15)19(25)13-27-20(26)14-28-21-23-10-11-24(21)18-5-3-4-17(22)12-18/h3-12H,2,13-14H2,1H3. The molecule has 0 atom stereocenters. The van der Waals surface area contributed by atoms with Gasteiger partial charge >= 0.3 is 5.97 Å². The Morgan fingerprint density at radius 3 is 2.68 bits per heavy atom. The first kappa shape index (κ1) is 19.8. The summed E-state index contributed by atoms with van der Waals surface area (Å²) < 4.78 is 20.2. The van der Waals surface area contributed by atoms with Crippen molar-refractivity contribution >= 4 is 23.5 Å². The summed E-state index contributed by atoms with van der Waals surface area (Å²) in [6.45, 7) is 1.74. The second-order valence-electron chi connectivity index (χ2n) is 5.98. The quantitative estimate of drug-likeness (QED) is 0.325.